The Kier molecular flexibility index (Phi) is 6.15. The van der Waals surface area contributed by atoms with Gasteiger partial charge in [0.15, 0.2) is 0 Å². The third kappa shape index (κ3) is 4.63. The van der Waals surface area contributed by atoms with E-state index in [-0.39, 0.29) is 17.9 Å². The van der Waals surface area contributed by atoms with Gasteiger partial charge in [-0.1, -0.05) is 39.7 Å². The second-order valence-electron chi connectivity index (χ2n) is 5.95. The molecule has 2 heterocycles. The molecule has 1 atom stereocenters. The van der Waals surface area contributed by atoms with Gasteiger partial charge in [0.2, 0.25) is 11.8 Å². The highest BCUT2D eigenvalue weighted by atomic mass is 79.9. The van der Waals surface area contributed by atoms with E-state index in [0.717, 1.165) is 21.3 Å². The average Bonchev–Trinajstić information content (AvgIpc) is 3.25. The molecule has 2 aromatic rings. The molecule has 1 saturated heterocycles. The van der Waals surface area contributed by atoms with Gasteiger partial charge in [0, 0.05) is 27.5 Å². The van der Waals surface area contributed by atoms with E-state index in [9.17, 15) is 9.59 Å². The Balaban J connectivity index is 1.59. The number of hydrogen-bond acceptors (Lipinski definition) is 3. The molecule has 1 unspecified atom stereocenters. The maximum atomic E-state index is 12.6. The first-order valence-corrected chi connectivity index (χ1v) is 10.1. The van der Waals surface area contributed by atoms with E-state index in [2.05, 4.69) is 21.2 Å². The third-order valence-electron chi connectivity index (χ3n) is 4.25. The van der Waals surface area contributed by atoms with Crippen LogP contribution in [-0.2, 0) is 22.6 Å². The number of likely N-dealkylation sites (tertiary alicyclic amines) is 1. The third-order valence-corrected chi connectivity index (χ3v) is 5.97. The topological polar surface area (TPSA) is 49.4 Å². The molecular formula is C18H18BrClN2O2S. The predicted molar refractivity (Wildman–Crippen MR) is 104 cm³/mol. The SMILES string of the molecule is O=C(NCc1ccc(Br)cc1Cl)C1CCCN1C(=O)Cc1cccs1. The van der Waals surface area contributed by atoms with Crippen LogP contribution in [0.5, 0.6) is 0 Å². The van der Waals surface area contributed by atoms with Crippen LogP contribution < -0.4 is 5.32 Å². The minimum atomic E-state index is -0.387. The zero-order chi connectivity index (χ0) is 17.8. The molecule has 0 saturated carbocycles. The monoisotopic (exact) mass is 440 g/mol. The van der Waals surface area contributed by atoms with Crippen molar-refractivity contribution in [2.45, 2.75) is 31.8 Å². The number of hydrogen-bond donors (Lipinski definition) is 1. The molecule has 132 valence electrons. The number of thiophene rings is 1. The number of carbonyl (C=O) groups is 2. The van der Waals surface area contributed by atoms with Crippen LogP contribution in [0.4, 0.5) is 0 Å². The first-order chi connectivity index (χ1) is 12.0. The Morgan fingerprint density at radius 3 is 2.92 bits per heavy atom. The predicted octanol–water partition coefficient (Wildman–Crippen LogP) is 4.01. The van der Waals surface area contributed by atoms with Crippen molar-refractivity contribution in [3.8, 4) is 0 Å². The highest BCUT2D eigenvalue weighted by Crippen LogP contribution is 2.23. The molecular weight excluding hydrogens is 424 g/mol. The first-order valence-electron chi connectivity index (χ1n) is 8.08. The van der Waals surface area contributed by atoms with E-state index in [0.29, 0.717) is 31.0 Å². The lowest BCUT2D eigenvalue weighted by molar-refractivity contribution is -0.138. The van der Waals surface area contributed by atoms with E-state index < -0.39 is 0 Å². The molecule has 0 bridgehead atoms. The van der Waals surface area contributed by atoms with Gasteiger partial charge in [-0.3, -0.25) is 9.59 Å². The van der Waals surface area contributed by atoms with E-state index >= 15 is 0 Å². The lowest BCUT2D eigenvalue weighted by Crippen LogP contribution is -2.46. The Labute approximate surface area is 164 Å². The molecule has 3 rings (SSSR count). The maximum absolute atomic E-state index is 12.6. The van der Waals surface area contributed by atoms with Crippen molar-refractivity contribution in [3.63, 3.8) is 0 Å². The van der Waals surface area contributed by atoms with E-state index in [1.54, 1.807) is 22.3 Å². The fraction of sp³-hybridized carbons (Fsp3) is 0.333. The van der Waals surface area contributed by atoms with Gasteiger partial charge in [-0.15, -0.1) is 11.3 Å². The largest absolute Gasteiger partial charge is 0.350 e. The van der Waals surface area contributed by atoms with Crippen molar-refractivity contribution in [2.24, 2.45) is 0 Å². The highest BCUT2D eigenvalue weighted by Gasteiger charge is 2.33. The number of rotatable bonds is 5. The Bertz CT molecular complexity index is 766. The minimum Gasteiger partial charge on any atom is -0.350 e. The number of benzene rings is 1. The fourth-order valence-corrected chi connectivity index (χ4v) is 4.40. The van der Waals surface area contributed by atoms with Crippen LogP contribution in [0.15, 0.2) is 40.2 Å². The lowest BCUT2D eigenvalue weighted by Gasteiger charge is -2.24. The van der Waals surface area contributed by atoms with Crippen molar-refractivity contribution < 1.29 is 9.59 Å². The second kappa shape index (κ2) is 8.34. The van der Waals surface area contributed by atoms with Gasteiger partial charge in [-0.2, -0.15) is 0 Å². The van der Waals surface area contributed by atoms with Gasteiger partial charge < -0.3 is 10.2 Å². The molecule has 0 spiro atoms. The quantitative estimate of drug-likeness (QED) is 0.762. The van der Waals surface area contributed by atoms with Crippen molar-refractivity contribution >= 4 is 50.7 Å². The van der Waals surface area contributed by atoms with Crippen LogP contribution in [0.25, 0.3) is 0 Å². The summed E-state index contributed by atoms with van der Waals surface area (Å²) in [5.74, 6) is -0.0993. The summed E-state index contributed by atoms with van der Waals surface area (Å²) in [6.45, 7) is 0.996. The second-order valence-corrected chi connectivity index (χ2v) is 8.31. The van der Waals surface area contributed by atoms with Gasteiger partial charge in [-0.25, -0.2) is 0 Å². The van der Waals surface area contributed by atoms with E-state index in [1.807, 2.05) is 29.6 Å². The summed E-state index contributed by atoms with van der Waals surface area (Å²) in [6.07, 6.45) is 1.92. The van der Waals surface area contributed by atoms with Crippen LogP contribution in [0.2, 0.25) is 5.02 Å². The molecule has 0 aliphatic carbocycles. The molecule has 1 N–H and O–H groups in total. The molecule has 1 aromatic carbocycles. The Hall–Kier alpha value is -1.37. The van der Waals surface area contributed by atoms with Crippen molar-refractivity contribution in [3.05, 3.63) is 55.6 Å². The number of amides is 2. The summed E-state index contributed by atoms with van der Waals surface area (Å²) in [7, 11) is 0. The van der Waals surface area contributed by atoms with E-state index in [1.165, 1.54) is 0 Å². The van der Waals surface area contributed by atoms with Gasteiger partial charge in [-0.05, 0) is 42.0 Å². The highest BCUT2D eigenvalue weighted by molar-refractivity contribution is 9.10. The lowest BCUT2D eigenvalue weighted by atomic mass is 10.1. The van der Waals surface area contributed by atoms with Crippen LogP contribution >= 0.6 is 38.9 Å². The summed E-state index contributed by atoms with van der Waals surface area (Å²) in [5, 5.41) is 5.48. The maximum Gasteiger partial charge on any atom is 0.243 e. The van der Waals surface area contributed by atoms with Crippen molar-refractivity contribution in [2.75, 3.05) is 6.54 Å². The molecule has 25 heavy (non-hydrogen) atoms. The molecule has 2 amide bonds. The number of nitrogens with zero attached hydrogens (tertiary/aromatic N) is 1. The molecule has 1 fully saturated rings. The summed E-state index contributed by atoms with van der Waals surface area (Å²) in [6, 6.07) is 9.06. The molecule has 4 nitrogen and oxygen atoms in total. The summed E-state index contributed by atoms with van der Waals surface area (Å²) in [5.41, 5.74) is 0.854. The average molecular weight is 442 g/mol. The van der Waals surface area contributed by atoms with Gasteiger partial charge in [0.25, 0.3) is 0 Å². The minimum absolute atomic E-state index is 0.0155. The number of halogens is 2. The standard InChI is InChI=1S/C18H18BrClN2O2S/c19-13-6-5-12(15(20)9-13)11-21-18(24)16-4-1-7-22(16)17(23)10-14-3-2-8-25-14/h2-3,5-6,8-9,16H,1,4,7,10-11H2,(H,21,24). The zero-order valence-electron chi connectivity index (χ0n) is 13.5. The smallest absolute Gasteiger partial charge is 0.243 e. The van der Waals surface area contributed by atoms with Gasteiger partial charge >= 0.3 is 0 Å². The Morgan fingerprint density at radius 2 is 2.20 bits per heavy atom. The summed E-state index contributed by atoms with van der Waals surface area (Å²) in [4.78, 5) is 27.8. The molecule has 7 heteroatoms. The number of carbonyl (C=O) groups excluding carboxylic acids is 2. The molecule has 1 aromatic heterocycles. The van der Waals surface area contributed by atoms with Crippen molar-refractivity contribution in [1.82, 2.24) is 10.2 Å². The van der Waals surface area contributed by atoms with Crippen molar-refractivity contribution in [1.29, 1.82) is 0 Å². The molecule has 1 aliphatic rings. The van der Waals surface area contributed by atoms with Crippen LogP contribution in [-0.4, -0.2) is 29.3 Å². The van der Waals surface area contributed by atoms with Gasteiger partial charge in [0.1, 0.15) is 6.04 Å². The summed E-state index contributed by atoms with van der Waals surface area (Å²) < 4.78 is 0.897. The van der Waals surface area contributed by atoms with Crippen LogP contribution in [0, 0.1) is 0 Å². The van der Waals surface area contributed by atoms with Gasteiger partial charge in [0.05, 0.1) is 6.42 Å². The number of nitrogens with one attached hydrogen (secondary N) is 1. The fourth-order valence-electron chi connectivity index (χ4n) is 2.97. The first kappa shape index (κ1) is 18.4. The van der Waals surface area contributed by atoms with Crippen LogP contribution in [0.3, 0.4) is 0 Å². The summed E-state index contributed by atoms with van der Waals surface area (Å²) >= 11 is 11.1. The van der Waals surface area contributed by atoms with Crippen LogP contribution in [0.1, 0.15) is 23.3 Å². The zero-order valence-corrected chi connectivity index (χ0v) is 16.7. The van der Waals surface area contributed by atoms with E-state index in [4.69, 9.17) is 11.6 Å². The molecule has 0 radical (unpaired) electrons. The normalized spacial score (nSPS) is 16.9. The Morgan fingerprint density at radius 1 is 1.36 bits per heavy atom. The molecule has 1 aliphatic heterocycles.